The predicted octanol–water partition coefficient (Wildman–Crippen LogP) is 4.55. The van der Waals surface area contributed by atoms with Gasteiger partial charge in [0.25, 0.3) is 0 Å². The quantitative estimate of drug-likeness (QED) is 0.740. The molecule has 0 saturated carbocycles. The van der Waals surface area contributed by atoms with Crippen molar-refractivity contribution < 1.29 is 0 Å². The van der Waals surface area contributed by atoms with Gasteiger partial charge < -0.3 is 5.73 Å². The standard InChI is InChI=1S/C13H11Cl2N/c1-8-9(4-3-7-12(8)16)10-5-2-6-11(14)13(10)15/h2-7H,16H2,1H3. The first-order valence-electron chi connectivity index (χ1n) is 4.90. The first-order valence-corrected chi connectivity index (χ1v) is 5.66. The van der Waals surface area contributed by atoms with Gasteiger partial charge >= 0.3 is 0 Å². The van der Waals surface area contributed by atoms with Crippen LogP contribution in [0, 0.1) is 6.92 Å². The van der Waals surface area contributed by atoms with Crippen LogP contribution in [0.1, 0.15) is 5.56 Å². The molecule has 0 saturated heterocycles. The van der Waals surface area contributed by atoms with Crippen LogP contribution in [0.25, 0.3) is 11.1 Å². The summed E-state index contributed by atoms with van der Waals surface area (Å²) in [6, 6.07) is 11.4. The zero-order valence-corrected chi connectivity index (χ0v) is 10.3. The lowest BCUT2D eigenvalue weighted by Crippen LogP contribution is -1.92. The van der Waals surface area contributed by atoms with Gasteiger partial charge in [0.2, 0.25) is 0 Å². The van der Waals surface area contributed by atoms with Crippen molar-refractivity contribution in [3.05, 3.63) is 52.0 Å². The molecule has 0 heterocycles. The van der Waals surface area contributed by atoms with E-state index in [-0.39, 0.29) is 0 Å². The Kier molecular flexibility index (Phi) is 3.08. The molecule has 2 rings (SSSR count). The van der Waals surface area contributed by atoms with Crippen LogP contribution in [0.15, 0.2) is 36.4 Å². The zero-order chi connectivity index (χ0) is 11.7. The summed E-state index contributed by atoms with van der Waals surface area (Å²) in [5.74, 6) is 0. The number of nitrogens with two attached hydrogens (primary N) is 1. The molecular formula is C13H11Cl2N. The van der Waals surface area contributed by atoms with Crippen LogP contribution in [-0.2, 0) is 0 Å². The molecule has 1 nitrogen and oxygen atoms in total. The average Bonchev–Trinajstić information content (AvgIpc) is 2.27. The second kappa shape index (κ2) is 4.36. The van der Waals surface area contributed by atoms with Gasteiger partial charge in [-0.2, -0.15) is 0 Å². The normalized spacial score (nSPS) is 10.4. The highest BCUT2D eigenvalue weighted by atomic mass is 35.5. The lowest BCUT2D eigenvalue weighted by atomic mass is 9.99. The fourth-order valence-electron chi connectivity index (χ4n) is 1.66. The summed E-state index contributed by atoms with van der Waals surface area (Å²) in [6.45, 7) is 1.97. The number of anilines is 1. The Morgan fingerprint density at radius 1 is 0.938 bits per heavy atom. The van der Waals surface area contributed by atoms with E-state index in [2.05, 4.69) is 0 Å². The van der Waals surface area contributed by atoms with Gasteiger partial charge in [0.1, 0.15) is 0 Å². The number of hydrogen-bond donors (Lipinski definition) is 1. The Bertz CT molecular complexity index is 486. The Morgan fingerprint density at radius 2 is 1.56 bits per heavy atom. The number of rotatable bonds is 1. The molecule has 2 N–H and O–H groups in total. The van der Waals surface area contributed by atoms with Crippen molar-refractivity contribution >= 4 is 28.9 Å². The van der Waals surface area contributed by atoms with Crippen LogP contribution in [0.2, 0.25) is 10.0 Å². The molecule has 0 amide bonds. The largest absolute Gasteiger partial charge is 0.398 e. The minimum absolute atomic E-state index is 0.556. The van der Waals surface area contributed by atoms with Crippen LogP contribution in [-0.4, -0.2) is 0 Å². The van der Waals surface area contributed by atoms with Crippen molar-refractivity contribution in [2.75, 3.05) is 5.73 Å². The first-order chi connectivity index (χ1) is 7.61. The summed E-state index contributed by atoms with van der Waals surface area (Å²) in [5, 5.41) is 1.12. The van der Waals surface area contributed by atoms with Crippen molar-refractivity contribution in [1.29, 1.82) is 0 Å². The van der Waals surface area contributed by atoms with Gasteiger partial charge in [0, 0.05) is 11.3 Å². The van der Waals surface area contributed by atoms with E-state index in [1.807, 2.05) is 37.3 Å². The van der Waals surface area contributed by atoms with Gasteiger partial charge in [-0.1, -0.05) is 47.5 Å². The van der Waals surface area contributed by atoms with Crippen molar-refractivity contribution in [1.82, 2.24) is 0 Å². The Hall–Kier alpha value is -1.18. The molecule has 0 unspecified atom stereocenters. The van der Waals surface area contributed by atoms with Crippen LogP contribution >= 0.6 is 23.2 Å². The molecule has 16 heavy (non-hydrogen) atoms. The molecule has 0 aliphatic heterocycles. The molecule has 0 aromatic heterocycles. The third-order valence-corrected chi connectivity index (χ3v) is 3.44. The summed E-state index contributed by atoms with van der Waals surface area (Å²) >= 11 is 12.2. The van der Waals surface area contributed by atoms with E-state index in [0.29, 0.717) is 10.0 Å². The molecule has 0 fully saturated rings. The highest BCUT2D eigenvalue weighted by Gasteiger charge is 2.09. The third kappa shape index (κ3) is 1.89. The lowest BCUT2D eigenvalue weighted by Gasteiger charge is -2.10. The van der Waals surface area contributed by atoms with Gasteiger partial charge in [-0.25, -0.2) is 0 Å². The molecule has 0 spiro atoms. The van der Waals surface area contributed by atoms with E-state index in [4.69, 9.17) is 28.9 Å². The molecule has 0 radical (unpaired) electrons. The van der Waals surface area contributed by atoms with E-state index in [0.717, 1.165) is 22.4 Å². The monoisotopic (exact) mass is 251 g/mol. The highest BCUT2D eigenvalue weighted by Crippen LogP contribution is 2.36. The van der Waals surface area contributed by atoms with Crippen molar-refractivity contribution in [2.24, 2.45) is 0 Å². The van der Waals surface area contributed by atoms with Crippen LogP contribution in [0.4, 0.5) is 5.69 Å². The molecule has 0 aliphatic carbocycles. The van der Waals surface area contributed by atoms with E-state index in [1.165, 1.54) is 0 Å². The molecule has 0 bridgehead atoms. The number of hydrogen-bond acceptors (Lipinski definition) is 1. The molecular weight excluding hydrogens is 241 g/mol. The minimum Gasteiger partial charge on any atom is -0.398 e. The molecule has 82 valence electrons. The molecule has 2 aromatic rings. The SMILES string of the molecule is Cc1c(N)cccc1-c1cccc(Cl)c1Cl. The van der Waals surface area contributed by atoms with Gasteiger partial charge in [-0.15, -0.1) is 0 Å². The van der Waals surface area contributed by atoms with Gasteiger partial charge in [0.15, 0.2) is 0 Å². The van der Waals surface area contributed by atoms with E-state index in [1.54, 1.807) is 6.07 Å². The molecule has 0 aliphatic rings. The van der Waals surface area contributed by atoms with Crippen LogP contribution in [0.3, 0.4) is 0 Å². The van der Waals surface area contributed by atoms with Crippen molar-refractivity contribution in [3.8, 4) is 11.1 Å². The molecule has 2 aromatic carbocycles. The summed E-state index contributed by atoms with van der Waals surface area (Å²) in [5.41, 5.74) is 9.58. The first kappa shape index (κ1) is 11.3. The zero-order valence-electron chi connectivity index (χ0n) is 8.80. The van der Waals surface area contributed by atoms with Crippen LogP contribution in [0.5, 0.6) is 0 Å². The smallest absolute Gasteiger partial charge is 0.0670 e. The Balaban J connectivity index is 2.68. The van der Waals surface area contributed by atoms with Gasteiger partial charge in [0.05, 0.1) is 10.0 Å². The van der Waals surface area contributed by atoms with Gasteiger partial charge in [-0.3, -0.25) is 0 Å². The highest BCUT2D eigenvalue weighted by molar-refractivity contribution is 6.43. The lowest BCUT2D eigenvalue weighted by molar-refractivity contribution is 1.46. The Morgan fingerprint density at radius 3 is 2.31 bits per heavy atom. The maximum Gasteiger partial charge on any atom is 0.0670 e. The minimum atomic E-state index is 0.556. The Labute approximate surface area is 105 Å². The van der Waals surface area contributed by atoms with E-state index in [9.17, 15) is 0 Å². The number of nitrogen functional groups attached to an aromatic ring is 1. The second-order valence-corrected chi connectivity index (χ2v) is 4.41. The predicted molar refractivity (Wildman–Crippen MR) is 71.0 cm³/mol. The number of halogens is 2. The summed E-state index contributed by atoms with van der Waals surface area (Å²) in [6.07, 6.45) is 0. The molecule has 0 atom stereocenters. The van der Waals surface area contributed by atoms with Crippen molar-refractivity contribution in [2.45, 2.75) is 6.92 Å². The van der Waals surface area contributed by atoms with Crippen molar-refractivity contribution in [3.63, 3.8) is 0 Å². The van der Waals surface area contributed by atoms with E-state index >= 15 is 0 Å². The topological polar surface area (TPSA) is 26.0 Å². The van der Waals surface area contributed by atoms with E-state index < -0.39 is 0 Å². The molecule has 3 heteroatoms. The maximum absolute atomic E-state index is 6.18. The van der Waals surface area contributed by atoms with Crippen LogP contribution < -0.4 is 5.73 Å². The maximum atomic E-state index is 6.18. The van der Waals surface area contributed by atoms with Gasteiger partial charge in [-0.05, 0) is 30.2 Å². The second-order valence-electron chi connectivity index (χ2n) is 3.62. The average molecular weight is 252 g/mol. The fourth-order valence-corrected chi connectivity index (χ4v) is 2.06. The fraction of sp³-hybridized carbons (Fsp3) is 0.0769. The summed E-state index contributed by atoms with van der Waals surface area (Å²) < 4.78 is 0. The number of benzene rings is 2. The summed E-state index contributed by atoms with van der Waals surface area (Å²) in [4.78, 5) is 0. The third-order valence-electron chi connectivity index (χ3n) is 2.62. The summed E-state index contributed by atoms with van der Waals surface area (Å²) in [7, 11) is 0.